The van der Waals surface area contributed by atoms with Crippen molar-refractivity contribution in [3.05, 3.63) is 54.6 Å². The largest absolute Gasteiger partial charge is 0.744 e. The molecular formula is C22H22N6O15S5-2. The van der Waals surface area contributed by atoms with Crippen LogP contribution < -0.4 is 11.5 Å². The summed E-state index contributed by atoms with van der Waals surface area (Å²) in [7, 11) is -23.3. The van der Waals surface area contributed by atoms with E-state index in [1.54, 1.807) is 0 Å². The Bertz CT molecular complexity index is 2290. The minimum absolute atomic E-state index is 0.00198. The second kappa shape index (κ2) is 14.6. The second-order valence-corrected chi connectivity index (χ2v) is 16.7. The van der Waals surface area contributed by atoms with E-state index in [2.05, 4.69) is 28.8 Å². The molecule has 5 N–H and O–H groups in total. The molecule has 0 saturated heterocycles. The number of rotatable bonds is 15. The normalized spacial score (nSPS) is 13.4. The van der Waals surface area contributed by atoms with Crippen molar-refractivity contribution in [2.45, 2.75) is 14.7 Å². The van der Waals surface area contributed by atoms with Crippen LogP contribution in [0.1, 0.15) is 0 Å². The van der Waals surface area contributed by atoms with Gasteiger partial charge in [-0.3, -0.25) is 8.74 Å². The number of nitrogens with two attached hydrogens (primary N) is 2. The summed E-state index contributed by atoms with van der Waals surface area (Å²) in [5, 5.41) is 15.2. The molecule has 48 heavy (non-hydrogen) atoms. The van der Waals surface area contributed by atoms with E-state index >= 15 is 0 Å². The third kappa shape index (κ3) is 11.0. The fourth-order valence-corrected chi connectivity index (χ4v) is 7.04. The number of hydrogen-bond acceptors (Lipinski definition) is 20. The molecule has 0 radical (unpaired) electrons. The van der Waals surface area contributed by atoms with E-state index in [0.717, 1.165) is 48.5 Å². The van der Waals surface area contributed by atoms with Crippen molar-refractivity contribution in [3.8, 4) is 0 Å². The van der Waals surface area contributed by atoms with Gasteiger partial charge in [-0.15, -0.1) is 10.2 Å². The molecule has 26 heteroatoms. The summed E-state index contributed by atoms with van der Waals surface area (Å²) in [4.78, 5) is -1.56. The van der Waals surface area contributed by atoms with Gasteiger partial charge >= 0.3 is 10.4 Å². The third-order valence-corrected chi connectivity index (χ3v) is 10.9. The van der Waals surface area contributed by atoms with Crippen LogP contribution in [0.2, 0.25) is 0 Å². The predicted molar refractivity (Wildman–Crippen MR) is 162 cm³/mol. The van der Waals surface area contributed by atoms with Crippen molar-refractivity contribution in [3.63, 3.8) is 0 Å². The van der Waals surface area contributed by atoms with E-state index in [-0.39, 0.29) is 21.2 Å². The van der Waals surface area contributed by atoms with Gasteiger partial charge in [-0.05, 0) is 54.6 Å². The Hall–Kier alpha value is -3.99. The molecule has 0 aliphatic carbocycles. The number of anilines is 2. The average molecular weight is 771 g/mol. The zero-order chi connectivity index (χ0) is 36.1. The maximum atomic E-state index is 12.4. The molecule has 0 aliphatic heterocycles. The molecule has 3 rings (SSSR count). The standard InChI is InChI=1S/C22H24N6O15S5/c23-20-18(27-25-14-1-5-16(6-2-14)44(29,30)11-9-42-47(36,37)38)13-19(46(33,34)35)21(24)22(20)28-26-15-3-7-17(8-4-15)45(31,32)12-10-43-48(39,40)41/h1-8,13H,9-12,23-24H2,(H,33,34,35)(H,36,37,38)(H,39,40,41)/p-2. The molecule has 262 valence electrons. The first-order valence-electron chi connectivity index (χ1n) is 12.4. The van der Waals surface area contributed by atoms with Crippen molar-refractivity contribution in [1.82, 2.24) is 0 Å². The lowest BCUT2D eigenvalue weighted by Crippen LogP contribution is -2.15. The number of benzene rings is 3. The van der Waals surface area contributed by atoms with Crippen LogP contribution in [0, 0.1) is 0 Å². The van der Waals surface area contributed by atoms with Crippen molar-refractivity contribution < 1.29 is 64.1 Å². The van der Waals surface area contributed by atoms with Crippen LogP contribution in [0.25, 0.3) is 0 Å². The maximum absolute atomic E-state index is 12.4. The van der Waals surface area contributed by atoms with Gasteiger partial charge in [0.25, 0.3) is 0 Å². The Morgan fingerprint density at radius 2 is 1.06 bits per heavy atom. The molecule has 0 amide bonds. The molecule has 0 unspecified atom stereocenters. The van der Waals surface area contributed by atoms with E-state index in [0.29, 0.717) is 6.07 Å². The van der Waals surface area contributed by atoms with Crippen molar-refractivity contribution in [2.24, 2.45) is 20.5 Å². The Morgan fingerprint density at radius 1 is 0.625 bits per heavy atom. The molecule has 3 aromatic carbocycles. The van der Waals surface area contributed by atoms with Crippen molar-refractivity contribution in [1.29, 1.82) is 0 Å². The highest BCUT2D eigenvalue weighted by Gasteiger charge is 2.20. The number of hydrogen-bond donors (Lipinski definition) is 3. The minimum atomic E-state index is -5.24. The van der Waals surface area contributed by atoms with Gasteiger partial charge in [0.2, 0.25) is 10.4 Å². The SMILES string of the molecule is Nc1c(N=Nc2ccc(S(=O)(=O)CCOS(=O)(=O)[O-])cc2)cc(S(=O)(=O)[O-])c(N)c1N=Nc1ccc(S(=O)(=O)CCOS(=O)(=O)O)cc1. The Kier molecular flexibility index (Phi) is 11.7. The highest BCUT2D eigenvalue weighted by Crippen LogP contribution is 2.43. The van der Waals surface area contributed by atoms with Gasteiger partial charge < -0.3 is 20.6 Å². The second-order valence-electron chi connectivity index (χ2n) is 9.03. The Balaban J connectivity index is 1.88. The summed E-state index contributed by atoms with van der Waals surface area (Å²) in [6.45, 7) is -1.77. The lowest BCUT2D eigenvalue weighted by Gasteiger charge is -2.14. The molecule has 0 aromatic heterocycles. The van der Waals surface area contributed by atoms with Crippen LogP contribution in [0.5, 0.6) is 0 Å². The van der Waals surface area contributed by atoms with Crippen molar-refractivity contribution in [2.75, 3.05) is 36.2 Å². The third-order valence-electron chi connectivity index (χ3n) is 5.68. The molecule has 0 bridgehead atoms. The summed E-state index contributed by atoms with van der Waals surface area (Å²) >= 11 is 0. The summed E-state index contributed by atoms with van der Waals surface area (Å²) in [6.07, 6.45) is 0. The van der Waals surface area contributed by atoms with Crippen LogP contribution in [-0.4, -0.2) is 80.5 Å². The molecule has 0 aliphatic rings. The van der Waals surface area contributed by atoms with E-state index in [9.17, 15) is 51.2 Å². The summed E-state index contributed by atoms with van der Waals surface area (Å²) < 4.78 is 154. The molecule has 0 saturated carbocycles. The fourth-order valence-electron chi connectivity index (χ4n) is 3.45. The quantitative estimate of drug-likeness (QED) is 0.0851. The summed E-state index contributed by atoms with van der Waals surface area (Å²) in [5.41, 5.74) is 9.81. The van der Waals surface area contributed by atoms with E-state index in [1.165, 1.54) is 0 Å². The molecule has 3 aromatic rings. The van der Waals surface area contributed by atoms with Gasteiger partial charge in [0.15, 0.2) is 19.7 Å². The van der Waals surface area contributed by atoms with Gasteiger partial charge in [-0.25, -0.2) is 37.9 Å². The van der Waals surface area contributed by atoms with Gasteiger partial charge in [-0.1, -0.05) is 0 Å². The number of sulfone groups is 2. The van der Waals surface area contributed by atoms with Crippen LogP contribution in [0.3, 0.4) is 0 Å². The zero-order valence-electron chi connectivity index (χ0n) is 23.7. The highest BCUT2D eigenvalue weighted by atomic mass is 32.3. The monoisotopic (exact) mass is 770 g/mol. The van der Waals surface area contributed by atoms with Gasteiger partial charge in [0.1, 0.15) is 21.5 Å². The minimum Gasteiger partial charge on any atom is -0.744 e. The fraction of sp³-hybridized carbons (Fsp3) is 0.182. The topological polar surface area (TPSA) is 357 Å². The lowest BCUT2D eigenvalue weighted by atomic mass is 10.2. The van der Waals surface area contributed by atoms with Crippen LogP contribution in [-0.2, 0) is 59.0 Å². The smallest absolute Gasteiger partial charge is 0.397 e. The first-order valence-corrected chi connectivity index (χ1v) is 19.8. The van der Waals surface area contributed by atoms with Gasteiger partial charge in [-0.2, -0.15) is 18.6 Å². The first kappa shape index (κ1) is 38.5. The van der Waals surface area contributed by atoms with E-state index < -0.39 is 103 Å². The molecule has 21 nitrogen and oxygen atoms in total. The average Bonchev–Trinajstić information content (AvgIpc) is 2.95. The number of nitrogens with zero attached hydrogens (tertiary/aromatic N) is 4. The number of nitrogen functional groups attached to an aromatic ring is 2. The highest BCUT2D eigenvalue weighted by molar-refractivity contribution is 7.91. The van der Waals surface area contributed by atoms with Crippen LogP contribution >= 0.6 is 0 Å². The van der Waals surface area contributed by atoms with E-state index in [1.807, 2.05) is 0 Å². The number of azo groups is 2. The zero-order valence-corrected chi connectivity index (χ0v) is 27.8. The predicted octanol–water partition coefficient (Wildman–Crippen LogP) is 1.43. The van der Waals surface area contributed by atoms with Gasteiger partial charge in [0.05, 0.1) is 62.2 Å². The Labute approximate surface area is 273 Å². The Morgan fingerprint density at radius 3 is 1.48 bits per heavy atom. The lowest BCUT2D eigenvalue weighted by molar-refractivity contribution is 0.275. The first-order chi connectivity index (χ1) is 22.0. The summed E-state index contributed by atoms with van der Waals surface area (Å²) in [6, 6.07) is 9.63. The van der Waals surface area contributed by atoms with E-state index in [4.69, 9.17) is 16.0 Å². The molecule has 0 spiro atoms. The van der Waals surface area contributed by atoms with Crippen LogP contribution in [0.15, 0.2) is 89.7 Å². The maximum Gasteiger partial charge on any atom is 0.397 e. The molecule has 0 atom stereocenters. The van der Waals surface area contributed by atoms with Crippen molar-refractivity contribution >= 4 is 84.7 Å². The molecular weight excluding hydrogens is 749 g/mol. The molecule has 0 heterocycles. The van der Waals surface area contributed by atoms with Gasteiger partial charge in [0, 0.05) is 0 Å². The molecule has 0 fully saturated rings. The summed E-state index contributed by atoms with van der Waals surface area (Å²) in [5.74, 6) is -1.63. The van der Waals surface area contributed by atoms with Crippen LogP contribution in [0.4, 0.5) is 34.1 Å².